The van der Waals surface area contributed by atoms with E-state index in [0.29, 0.717) is 16.9 Å². The number of halogens is 1. The summed E-state index contributed by atoms with van der Waals surface area (Å²) < 4.78 is 5.93. The number of benzene rings is 2. The zero-order valence-electron chi connectivity index (χ0n) is 11.2. The summed E-state index contributed by atoms with van der Waals surface area (Å²) in [6.07, 6.45) is 1.62. The lowest BCUT2D eigenvalue weighted by Gasteiger charge is -2.04. The lowest BCUT2D eigenvalue weighted by molar-refractivity contribution is 0.0990. The van der Waals surface area contributed by atoms with E-state index in [1.54, 1.807) is 49.6 Å². The quantitative estimate of drug-likeness (QED) is 0.613. The highest BCUT2D eigenvalue weighted by Gasteiger charge is 2.32. The summed E-state index contributed by atoms with van der Waals surface area (Å²) in [5.41, 5.74) is 1.92. The van der Waals surface area contributed by atoms with Crippen molar-refractivity contribution in [1.29, 1.82) is 0 Å². The zero-order chi connectivity index (χ0) is 15.0. The lowest BCUT2D eigenvalue weighted by atomic mass is 10.1. The summed E-state index contributed by atoms with van der Waals surface area (Å²) in [5.74, 6) is 0.259. The minimum atomic E-state index is -0.220. The van der Waals surface area contributed by atoms with Crippen molar-refractivity contribution < 1.29 is 14.3 Å². The van der Waals surface area contributed by atoms with Gasteiger partial charge in [-0.05, 0) is 39.7 Å². The smallest absolute Gasteiger partial charge is 0.197 e. The molecule has 3 nitrogen and oxygen atoms in total. The van der Waals surface area contributed by atoms with Gasteiger partial charge in [-0.3, -0.25) is 9.59 Å². The number of fused-ring (bicyclic) bond motifs is 1. The summed E-state index contributed by atoms with van der Waals surface area (Å²) >= 11 is 3.39. The predicted octanol–water partition coefficient (Wildman–Crippen LogP) is 3.92. The number of carbonyl (C=O) groups is 2. The van der Waals surface area contributed by atoms with Gasteiger partial charge < -0.3 is 4.74 Å². The van der Waals surface area contributed by atoms with Crippen LogP contribution in [-0.2, 0) is 0 Å². The molecule has 2 aromatic rings. The van der Waals surface area contributed by atoms with Crippen molar-refractivity contribution in [3.63, 3.8) is 0 Å². The van der Waals surface area contributed by atoms with Crippen LogP contribution in [0, 0.1) is 0 Å². The maximum absolute atomic E-state index is 12.3. The molecule has 3 rings (SSSR count). The van der Waals surface area contributed by atoms with E-state index >= 15 is 0 Å². The van der Waals surface area contributed by atoms with Crippen molar-refractivity contribution in [2.75, 3.05) is 7.11 Å². The first kappa shape index (κ1) is 13.8. The third kappa shape index (κ3) is 2.32. The molecule has 4 heteroatoms. The van der Waals surface area contributed by atoms with Gasteiger partial charge in [-0.15, -0.1) is 0 Å². The standard InChI is InChI=1S/C17H11BrO3/c1-21-15-7-6-10(9-14(15)18)8-13-16(19)11-4-2-3-5-12(11)17(13)20/h2-9H,1H3. The molecular weight excluding hydrogens is 332 g/mol. The van der Waals surface area contributed by atoms with Crippen molar-refractivity contribution in [3.8, 4) is 5.75 Å². The molecule has 0 heterocycles. The van der Waals surface area contributed by atoms with E-state index in [0.717, 1.165) is 10.0 Å². The molecule has 104 valence electrons. The number of ketones is 2. The Morgan fingerprint density at radius 1 is 1.00 bits per heavy atom. The molecule has 2 aromatic carbocycles. The Hall–Kier alpha value is -2.20. The van der Waals surface area contributed by atoms with Gasteiger partial charge in [-0.25, -0.2) is 0 Å². The molecule has 1 aliphatic carbocycles. The molecule has 0 unspecified atom stereocenters. The van der Waals surface area contributed by atoms with Gasteiger partial charge in [0, 0.05) is 11.1 Å². The van der Waals surface area contributed by atoms with Gasteiger partial charge >= 0.3 is 0 Å². The van der Waals surface area contributed by atoms with E-state index in [4.69, 9.17) is 4.74 Å². The maximum atomic E-state index is 12.3. The Morgan fingerprint density at radius 2 is 1.62 bits per heavy atom. The average Bonchev–Trinajstić information content (AvgIpc) is 2.73. The third-order valence-electron chi connectivity index (χ3n) is 3.39. The number of rotatable bonds is 2. The van der Waals surface area contributed by atoms with E-state index in [1.165, 1.54) is 0 Å². The Labute approximate surface area is 130 Å². The number of hydrogen-bond acceptors (Lipinski definition) is 3. The average molecular weight is 343 g/mol. The predicted molar refractivity (Wildman–Crippen MR) is 83.8 cm³/mol. The van der Waals surface area contributed by atoms with Crippen LogP contribution in [0.15, 0.2) is 52.5 Å². The van der Waals surface area contributed by atoms with Gasteiger partial charge in [-0.2, -0.15) is 0 Å². The van der Waals surface area contributed by atoms with Crippen LogP contribution in [-0.4, -0.2) is 18.7 Å². The van der Waals surface area contributed by atoms with Crippen LogP contribution in [0.2, 0.25) is 0 Å². The summed E-state index contributed by atoms with van der Waals surface area (Å²) in [6.45, 7) is 0. The molecule has 0 aliphatic heterocycles. The van der Waals surface area contributed by atoms with Crippen LogP contribution in [0.1, 0.15) is 26.3 Å². The van der Waals surface area contributed by atoms with Crippen LogP contribution >= 0.6 is 15.9 Å². The monoisotopic (exact) mass is 342 g/mol. The minimum absolute atomic E-state index is 0.202. The Bertz CT molecular complexity index is 753. The fraction of sp³-hybridized carbons (Fsp3) is 0.0588. The highest BCUT2D eigenvalue weighted by atomic mass is 79.9. The Morgan fingerprint density at radius 3 is 2.14 bits per heavy atom. The van der Waals surface area contributed by atoms with Crippen LogP contribution in [0.5, 0.6) is 5.75 Å². The molecule has 0 aromatic heterocycles. The van der Waals surface area contributed by atoms with Crippen molar-refractivity contribution >= 4 is 33.6 Å². The van der Waals surface area contributed by atoms with Crippen molar-refractivity contribution in [3.05, 3.63) is 69.2 Å². The number of carbonyl (C=O) groups excluding carboxylic acids is 2. The highest BCUT2D eigenvalue weighted by molar-refractivity contribution is 9.10. The van der Waals surface area contributed by atoms with E-state index in [1.807, 2.05) is 6.07 Å². The molecule has 0 radical (unpaired) electrons. The first-order chi connectivity index (χ1) is 10.1. The van der Waals surface area contributed by atoms with Gasteiger partial charge in [0.1, 0.15) is 5.75 Å². The summed E-state index contributed by atoms with van der Waals surface area (Å²) in [6, 6.07) is 12.3. The van der Waals surface area contributed by atoms with Crippen LogP contribution in [0.25, 0.3) is 6.08 Å². The SMILES string of the molecule is COc1ccc(C=C2C(=O)c3ccccc3C2=O)cc1Br. The molecule has 0 fully saturated rings. The van der Waals surface area contributed by atoms with E-state index in [9.17, 15) is 9.59 Å². The van der Waals surface area contributed by atoms with Crippen LogP contribution < -0.4 is 4.74 Å². The molecule has 0 N–H and O–H groups in total. The van der Waals surface area contributed by atoms with Crippen molar-refractivity contribution in [2.24, 2.45) is 0 Å². The summed E-state index contributed by atoms with van der Waals surface area (Å²) in [7, 11) is 1.58. The van der Waals surface area contributed by atoms with Crippen molar-refractivity contribution in [1.82, 2.24) is 0 Å². The normalized spacial score (nSPS) is 13.3. The number of Topliss-reactive ketones (excluding diaryl/α,β-unsaturated/α-hetero) is 2. The second-order valence-corrected chi connectivity index (χ2v) is 5.51. The topological polar surface area (TPSA) is 43.4 Å². The van der Waals surface area contributed by atoms with Gasteiger partial charge in [-0.1, -0.05) is 30.3 Å². The van der Waals surface area contributed by atoms with Gasteiger partial charge in [0.2, 0.25) is 0 Å². The largest absolute Gasteiger partial charge is 0.496 e. The lowest BCUT2D eigenvalue weighted by Crippen LogP contribution is -2.00. The summed E-state index contributed by atoms with van der Waals surface area (Å²) in [5, 5.41) is 0. The first-order valence-electron chi connectivity index (χ1n) is 6.35. The fourth-order valence-electron chi connectivity index (χ4n) is 2.34. The summed E-state index contributed by atoms with van der Waals surface area (Å²) in [4.78, 5) is 24.6. The first-order valence-corrected chi connectivity index (χ1v) is 7.15. The molecule has 0 atom stereocenters. The second-order valence-electron chi connectivity index (χ2n) is 4.66. The van der Waals surface area contributed by atoms with Crippen molar-refractivity contribution in [2.45, 2.75) is 0 Å². The molecule has 21 heavy (non-hydrogen) atoms. The van der Waals surface area contributed by atoms with E-state index in [2.05, 4.69) is 15.9 Å². The maximum Gasteiger partial charge on any atom is 0.197 e. The zero-order valence-corrected chi connectivity index (χ0v) is 12.8. The molecule has 0 saturated heterocycles. The third-order valence-corrected chi connectivity index (χ3v) is 4.01. The number of hydrogen-bond donors (Lipinski definition) is 0. The fourth-order valence-corrected chi connectivity index (χ4v) is 2.90. The van der Waals surface area contributed by atoms with Crippen LogP contribution in [0.4, 0.5) is 0 Å². The molecule has 1 aliphatic rings. The molecule has 0 saturated carbocycles. The Kier molecular flexibility index (Phi) is 3.47. The minimum Gasteiger partial charge on any atom is -0.496 e. The highest BCUT2D eigenvalue weighted by Crippen LogP contribution is 2.30. The van der Waals surface area contributed by atoms with Gasteiger partial charge in [0.25, 0.3) is 0 Å². The van der Waals surface area contributed by atoms with E-state index in [-0.39, 0.29) is 17.1 Å². The van der Waals surface area contributed by atoms with Gasteiger partial charge in [0.05, 0.1) is 17.2 Å². The molecular formula is C17H11BrO3. The molecule has 0 spiro atoms. The molecule has 0 bridgehead atoms. The number of ether oxygens (including phenoxy) is 1. The van der Waals surface area contributed by atoms with Gasteiger partial charge in [0.15, 0.2) is 11.6 Å². The number of allylic oxidation sites excluding steroid dienone is 1. The number of methoxy groups -OCH3 is 1. The molecule has 0 amide bonds. The Balaban J connectivity index is 2.04. The van der Waals surface area contributed by atoms with Crippen LogP contribution in [0.3, 0.4) is 0 Å². The van der Waals surface area contributed by atoms with E-state index < -0.39 is 0 Å². The second kappa shape index (κ2) is 5.30.